The molecule has 0 fully saturated rings. The largest absolute Gasteiger partial charge is 0.478 e. The first-order chi connectivity index (χ1) is 8.99. The summed E-state index contributed by atoms with van der Waals surface area (Å²) in [4.78, 5) is 25.8. The second-order valence-electron chi connectivity index (χ2n) is 3.97. The Morgan fingerprint density at radius 1 is 1.37 bits per heavy atom. The molecule has 0 saturated heterocycles. The number of aryl methyl sites for hydroxylation is 1. The summed E-state index contributed by atoms with van der Waals surface area (Å²) in [5.74, 6) is -1.51. The predicted molar refractivity (Wildman–Crippen MR) is 71.9 cm³/mol. The molecule has 3 N–H and O–H groups in total. The molecular weight excluding hydrogens is 268 g/mol. The summed E-state index contributed by atoms with van der Waals surface area (Å²) >= 11 is 5.80. The predicted octanol–water partition coefficient (Wildman–Crippen LogP) is 2.93. The van der Waals surface area contributed by atoms with Crippen LogP contribution in [0.3, 0.4) is 0 Å². The number of carboxylic acid groups (broad SMARTS) is 1. The molecule has 0 aliphatic carbocycles. The molecule has 19 heavy (non-hydrogen) atoms. The Balaban J connectivity index is 2.27. The summed E-state index contributed by atoms with van der Waals surface area (Å²) in [6.07, 6.45) is 1.45. The zero-order valence-electron chi connectivity index (χ0n) is 10.0. The molecule has 0 saturated carbocycles. The molecule has 1 heterocycles. The molecule has 0 unspecified atom stereocenters. The fourth-order valence-electron chi connectivity index (χ4n) is 1.73. The van der Waals surface area contributed by atoms with Gasteiger partial charge in [0.25, 0.3) is 5.91 Å². The van der Waals surface area contributed by atoms with E-state index in [-0.39, 0.29) is 11.3 Å². The first kappa shape index (κ1) is 13.2. The Labute approximate surface area is 114 Å². The first-order valence-electron chi connectivity index (χ1n) is 5.47. The third-order valence-electron chi connectivity index (χ3n) is 2.63. The van der Waals surface area contributed by atoms with E-state index in [1.807, 2.05) is 0 Å². The number of anilines is 1. The Hall–Kier alpha value is -2.27. The van der Waals surface area contributed by atoms with Gasteiger partial charge in [0, 0.05) is 22.5 Å². The van der Waals surface area contributed by atoms with Gasteiger partial charge in [-0.25, -0.2) is 4.79 Å². The third-order valence-corrected chi connectivity index (χ3v) is 2.86. The van der Waals surface area contributed by atoms with Crippen molar-refractivity contribution in [3.8, 4) is 0 Å². The summed E-state index contributed by atoms with van der Waals surface area (Å²) in [7, 11) is 0. The van der Waals surface area contributed by atoms with Gasteiger partial charge in [-0.05, 0) is 25.1 Å². The van der Waals surface area contributed by atoms with E-state index >= 15 is 0 Å². The fraction of sp³-hybridized carbons (Fsp3) is 0.0769. The monoisotopic (exact) mass is 278 g/mol. The maximum Gasteiger partial charge on any atom is 0.339 e. The molecule has 1 aromatic carbocycles. The summed E-state index contributed by atoms with van der Waals surface area (Å²) in [6.45, 7) is 1.62. The van der Waals surface area contributed by atoms with Crippen LogP contribution in [0, 0.1) is 6.92 Å². The molecule has 98 valence electrons. The molecular formula is C13H11ClN2O3. The number of nitrogens with one attached hydrogen (secondary N) is 2. The maximum absolute atomic E-state index is 12.0. The van der Waals surface area contributed by atoms with Gasteiger partial charge >= 0.3 is 5.97 Å². The normalized spacial score (nSPS) is 10.2. The number of hydrogen-bond acceptors (Lipinski definition) is 2. The van der Waals surface area contributed by atoms with Crippen molar-refractivity contribution in [1.29, 1.82) is 0 Å². The summed E-state index contributed by atoms with van der Waals surface area (Å²) in [5.41, 5.74) is 1.13. The molecule has 0 bridgehead atoms. The average molecular weight is 279 g/mol. The molecule has 1 aromatic heterocycles. The van der Waals surface area contributed by atoms with Crippen molar-refractivity contribution in [2.24, 2.45) is 0 Å². The van der Waals surface area contributed by atoms with Crippen molar-refractivity contribution in [3.63, 3.8) is 0 Å². The highest BCUT2D eigenvalue weighted by atomic mass is 35.5. The topological polar surface area (TPSA) is 82.2 Å². The van der Waals surface area contributed by atoms with Crippen LogP contribution in [-0.4, -0.2) is 22.0 Å². The Morgan fingerprint density at radius 3 is 2.74 bits per heavy atom. The number of carbonyl (C=O) groups excluding carboxylic acids is 1. The van der Waals surface area contributed by atoms with E-state index in [0.717, 1.165) is 0 Å². The summed E-state index contributed by atoms with van der Waals surface area (Å²) in [6, 6.07) is 6.41. The smallest absolute Gasteiger partial charge is 0.339 e. The highest BCUT2D eigenvalue weighted by Crippen LogP contribution is 2.20. The van der Waals surface area contributed by atoms with Crippen molar-refractivity contribution in [1.82, 2.24) is 4.98 Å². The van der Waals surface area contributed by atoms with Gasteiger partial charge in [0.15, 0.2) is 0 Å². The number of carboxylic acids is 1. The molecule has 6 heteroatoms. The van der Waals surface area contributed by atoms with Crippen molar-refractivity contribution in [3.05, 3.63) is 52.3 Å². The lowest BCUT2D eigenvalue weighted by molar-refractivity contribution is 0.0697. The van der Waals surface area contributed by atoms with Crippen molar-refractivity contribution in [2.45, 2.75) is 6.92 Å². The van der Waals surface area contributed by atoms with Crippen LogP contribution in [0.4, 0.5) is 5.69 Å². The number of rotatable bonds is 3. The quantitative estimate of drug-likeness (QED) is 0.807. The minimum Gasteiger partial charge on any atom is -0.478 e. The Bertz CT molecular complexity index is 649. The lowest BCUT2D eigenvalue weighted by atomic mass is 10.2. The van der Waals surface area contributed by atoms with Crippen LogP contribution < -0.4 is 5.32 Å². The second-order valence-corrected chi connectivity index (χ2v) is 4.41. The zero-order chi connectivity index (χ0) is 14.0. The molecule has 0 aliphatic heterocycles. The van der Waals surface area contributed by atoms with Gasteiger partial charge in [0.1, 0.15) is 5.56 Å². The third kappa shape index (κ3) is 2.77. The lowest BCUT2D eigenvalue weighted by Crippen LogP contribution is -2.13. The van der Waals surface area contributed by atoms with Crippen LogP contribution in [0.5, 0.6) is 0 Å². The summed E-state index contributed by atoms with van der Waals surface area (Å²) in [5, 5.41) is 12.1. The number of amides is 1. The molecule has 0 aliphatic rings. The number of halogens is 1. The SMILES string of the molecule is Cc1[nH]cc(NC(=O)c2cccc(Cl)c2)c1C(=O)O. The van der Waals surface area contributed by atoms with Crippen molar-refractivity contribution in [2.75, 3.05) is 5.32 Å². The molecule has 2 aromatic rings. The van der Waals surface area contributed by atoms with Gasteiger partial charge in [-0.2, -0.15) is 0 Å². The van der Waals surface area contributed by atoms with Gasteiger partial charge in [-0.15, -0.1) is 0 Å². The van der Waals surface area contributed by atoms with E-state index < -0.39 is 11.9 Å². The Morgan fingerprint density at radius 2 is 2.11 bits per heavy atom. The molecule has 0 radical (unpaired) electrons. The number of carbonyl (C=O) groups is 2. The highest BCUT2D eigenvalue weighted by molar-refractivity contribution is 6.31. The molecule has 0 spiro atoms. The van der Waals surface area contributed by atoms with Gasteiger partial charge in [-0.1, -0.05) is 17.7 Å². The first-order valence-corrected chi connectivity index (χ1v) is 5.85. The van der Waals surface area contributed by atoms with Crippen molar-refractivity contribution < 1.29 is 14.7 Å². The van der Waals surface area contributed by atoms with E-state index in [9.17, 15) is 9.59 Å². The van der Waals surface area contributed by atoms with Crippen molar-refractivity contribution >= 4 is 29.2 Å². The molecule has 5 nitrogen and oxygen atoms in total. The number of benzene rings is 1. The van der Waals surface area contributed by atoms with Gasteiger partial charge in [-0.3, -0.25) is 4.79 Å². The number of aromatic carboxylic acids is 1. The van der Waals surface area contributed by atoms with E-state index in [2.05, 4.69) is 10.3 Å². The van der Waals surface area contributed by atoms with Crippen LogP contribution in [0.25, 0.3) is 0 Å². The minimum atomic E-state index is -1.10. The number of aromatic amines is 1. The zero-order valence-corrected chi connectivity index (χ0v) is 10.8. The number of aromatic nitrogens is 1. The Kier molecular flexibility index (Phi) is 3.57. The number of hydrogen-bond donors (Lipinski definition) is 3. The van der Waals surface area contributed by atoms with Crippen LogP contribution in [0.15, 0.2) is 30.5 Å². The number of H-pyrrole nitrogens is 1. The summed E-state index contributed by atoms with van der Waals surface area (Å²) < 4.78 is 0. The lowest BCUT2D eigenvalue weighted by Gasteiger charge is -2.05. The van der Waals surface area contributed by atoms with Gasteiger partial charge in [0.05, 0.1) is 5.69 Å². The molecule has 2 rings (SSSR count). The highest BCUT2D eigenvalue weighted by Gasteiger charge is 2.17. The van der Waals surface area contributed by atoms with Crippen LogP contribution in [0.2, 0.25) is 5.02 Å². The fourth-order valence-corrected chi connectivity index (χ4v) is 1.92. The standard InChI is InChI=1S/C13H11ClN2O3/c1-7-11(13(18)19)10(6-15-7)16-12(17)8-3-2-4-9(14)5-8/h2-6,15H,1H3,(H,16,17)(H,18,19). The van der Waals surface area contributed by atoms with Crippen LogP contribution in [0.1, 0.15) is 26.4 Å². The average Bonchev–Trinajstić information content (AvgIpc) is 2.70. The molecule has 1 amide bonds. The maximum atomic E-state index is 12.0. The van der Waals surface area contributed by atoms with Gasteiger partial charge in [0.2, 0.25) is 0 Å². The van der Waals surface area contributed by atoms with Crippen LogP contribution in [-0.2, 0) is 0 Å². The minimum absolute atomic E-state index is 0.0513. The van der Waals surface area contributed by atoms with E-state index in [1.165, 1.54) is 12.3 Å². The van der Waals surface area contributed by atoms with E-state index in [0.29, 0.717) is 16.3 Å². The second kappa shape index (κ2) is 5.16. The van der Waals surface area contributed by atoms with Gasteiger partial charge < -0.3 is 15.4 Å². The molecule has 0 atom stereocenters. The van der Waals surface area contributed by atoms with E-state index in [1.54, 1.807) is 25.1 Å². The van der Waals surface area contributed by atoms with Crippen LogP contribution >= 0.6 is 11.6 Å². The van der Waals surface area contributed by atoms with E-state index in [4.69, 9.17) is 16.7 Å².